The monoisotopic (exact) mass is 792 g/mol. The first-order valence-corrected chi connectivity index (χ1v) is 21.2. The molecule has 0 amide bonds. The third-order valence-corrected chi connectivity index (χ3v) is 12.5. The molecule has 62 heavy (non-hydrogen) atoms. The van der Waals surface area contributed by atoms with Crippen LogP contribution in [0.5, 0.6) is 0 Å². The summed E-state index contributed by atoms with van der Waals surface area (Å²) in [6.07, 6.45) is 18.6. The van der Waals surface area contributed by atoms with Crippen LogP contribution >= 0.6 is 0 Å². The van der Waals surface area contributed by atoms with Gasteiger partial charge in [0, 0.05) is 38.9 Å². The lowest BCUT2D eigenvalue weighted by atomic mass is 9.93. The molecule has 1 atom stereocenters. The first-order chi connectivity index (χ1) is 30.7. The average molecular weight is 793 g/mol. The molecule has 2 aliphatic rings. The maximum atomic E-state index is 5.59. The van der Waals surface area contributed by atoms with Gasteiger partial charge in [0.1, 0.15) is 0 Å². The van der Waals surface area contributed by atoms with Crippen molar-refractivity contribution < 1.29 is 0 Å². The standard InChI is InChI=1S/C58H40N4/c1-2-3-4-16-33-61-52-25-14-11-20-45(52)50-36-42(31-32-53(50)61)49-37-55-56(46-21-9-8-19-44(46)49)48-23-12-15-26-54(48)62(55)58-59-51-24-13-10-22-47(51)57(60-58)43-30-29-40-34-39(27-28-41(40)35-43)38-17-6-5-7-18-38/h2-37,51H,1H2,(H,59,60)/b4-3-,33-16+. The van der Waals surface area contributed by atoms with Gasteiger partial charge in [0.05, 0.1) is 33.8 Å². The second kappa shape index (κ2) is 14.5. The number of allylic oxidation sites excluding steroid dienone is 6. The highest BCUT2D eigenvalue weighted by Gasteiger charge is 2.28. The maximum Gasteiger partial charge on any atom is 0.209 e. The van der Waals surface area contributed by atoms with Crippen LogP contribution in [-0.2, 0) is 0 Å². The Labute approximate surface area is 359 Å². The van der Waals surface area contributed by atoms with Gasteiger partial charge < -0.3 is 9.88 Å². The van der Waals surface area contributed by atoms with Crippen LogP contribution in [0.2, 0.25) is 0 Å². The highest BCUT2D eigenvalue weighted by molar-refractivity contribution is 6.26. The van der Waals surface area contributed by atoms with Gasteiger partial charge in [-0.1, -0.05) is 170 Å². The zero-order valence-corrected chi connectivity index (χ0v) is 33.9. The van der Waals surface area contributed by atoms with E-state index in [4.69, 9.17) is 4.99 Å². The molecular formula is C58H40N4. The van der Waals surface area contributed by atoms with Crippen LogP contribution in [0, 0.1) is 0 Å². The van der Waals surface area contributed by atoms with Crippen LogP contribution in [-0.4, -0.2) is 21.1 Å². The molecule has 1 N–H and O–H groups in total. The smallest absolute Gasteiger partial charge is 0.209 e. The van der Waals surface area contributed by atoms with Gasteiger partial charge in [-0.2, -0.15) is 0 Å². The molecule has 0 radical (unpaired) electrons. The van der Waals surface area contributed by atoms with Crippen molar-refractivity contribution in [1.82, 2.24) is 14.5 Å². The Bertz CT molecular complexity index is 3680. The van der Waals surface area contributed by atoms with Crippen molar-refractivity contribution in [2.24, 2.45) is 4.99 Å². The Morgan fingerprint density at radius 3 is 2.05 bits per heavy atom. The third-order valence-electron chi connectivity index (χ3n) is 12.5. The molecule has 3 heterocycles. The zero-order valence-electron chi connectivity index (χ0n) is 33.9. The van der Waals surface area contributed by atoms with E-state index in [1.165, 1.54) is 70.9 Å². The van der Waals surface area contributed by atoms with Crippen molar-refractivity contribution in [1.29, 1.82) is 0 Å². The second-order valence-electron chi connectivity index (χ2n) is 16.0. The Hall–Kier alpha value is -8.21. The molecule has 4 nitrogen and oxygen atoms in total. The summed E-state index contributed by atoms with van der Waals surface area (Å²) in [4.78, 5) is 5.59. The van der Waals surface area contributed by atoms with Crippen LogP contribution in [0.1, 0.15) is 5.56 Å². The maximum absolute atomic E-state index is 5.59. The lowest BCUT2D eigenvalue weighted by Crippen LogP contribution is -2.42. The van der Waals surface area contributed by atoms with Gasteiger partial charge >= 0.3 is 0 Å². The van der Waals surface area contributed by atoms with Crippen molar-refractivity contribution in [3.63, 3.8) is 0 Å². The largest absolute Gasteiger partial charge is 0.345 e. The summed E-state index contributed by atoms with van der Waals surface area (Å²) >= 11 is 0. The number of nitrogens with zero attached hydrogens (tertiary/aromatic N) is 3. The molecule has 0 spiro atoms. The number of rotatable bonds is 6. The molecule has 12 rings (SSSR count). The summed E-state index contributed by atoms with van der Waals surface area (Å²) in [6.45, 7) is 3.82. The predicted molar refractivity (Wildman–Crippen MR) is 264 cm³/mol. The second-order valence-corrected chi connectivity index (χ2v) is 16.0. The zero-order chi connectivity index (χ0) is 41.1. The number of para-hydroxylation sites is 2. The van der Waals surface area contributed by atoms with Crippen molar-refractivity contribution >= 4 is 83.0 Å². The molecule has 0 saturated carbocycles. The number of fused-ring (bicyclic) bond motifs is 10. The summed E-state index contributed by atoms with van der Waals surface area (Å²) in [5, 5.41) is 13.5. The minimum Gasteiger partial charge on any atom is -0.345 e. The number of hydrogen-bond acceptors (Lipinski definition) is 2. The van der Waals surface area contributed by atoms with E-state index < -0.39 is 0 Å². The molecule has 0 bridgehead atoms. The van der Waals surface area contributed by atoms with Gasteiger partial charge in [-0.15, -0.1) is 0 Å². The van der Waals surface area contributed by atoms with Gasteiger partial charge in [0.15, 0.2) is 0 Å². The molecule has 8 aromatic carbocycles. The molecule has 0 fully saturated rings. The van der Waals surface area contributed by atoms with E-state index in [0.29, 0.717) is 0 Å². The van der Waals surface area contributed by atoms with Gasteiger partial charge in [0.25, 0.3) is 0 Å². The predicted octanol–water partition coefficient (Wildman–Crippen LogP) is 14.5. The van der Waals surface area contributed by atoms with Crippen molar-refractivity contribution in [3.8, 4) is 22.3 Å². The van der Waals surface area contributed by atoms with Crippen molar-refractivity contribution in [2.75, 3.05) is 0 Å². The molecule has 4 heteroatoms. The molecule has 0 saturated heterocycles. The highest BCUT2D eigenvalue weighted by atomic mass is 15.2. The van der Waals surface area contributed by atoms with Gasteiger partial charge in [0.2, 0.25) is 5.96 Å². The molecule has 292 valence electrons. The van der Waals surface area contributed by atoms with E-state index in [0.717, 1.165) is 39.3 Å². The van der Waals surface area contributed by atoms with Gasteiger partial charge in [-0.25, -0.2) is 4.99 Å². The van der Waals surface area contributed by atoms with Gasteiger partial charge in [-0.05, 0) is 92.3 Å². The number of aromatic nitrogens is 2. The van der Waals surface area contributed by atoms with Crippen molar-refractivity contribution in [3.05, 3.63) is 230 Å². The van der Waals surface area contributed by atoms with Crippen LogP contribution in [0.3, 0.4) is 0 Å². The summed E-state index contributed by atoms with van der Waals surface area (Å²) in [5.41, 5.74) is 12.5. The van der Waals surface area contributed by atoms with E-state index >= 15 is 0 Å². The van der Waals surface area contributed by atoms with Crippen LogP contribution < -0.4 is 5.32 Å². The summed E-state index contributed by atoms with van der Waals surface area (Å²) < 4.78 is 4.63. The average Bonchev–Trinajstić information content (AvgIpc) is 3.84. The van der Waals surface area contributed by atoms with Crippen LogP contribution in [0.4, 0.5) is 0 Å². The van der Waals surface area contributed by atoms with Crippen LogP contribution in [0.25, 0.3) is 99.3 Å². The SMILES string of the molecule is C=C/C=C\C=C\n1c2ccccc2c2cc(-c3cc4c(c5ccccc35)c3ccccc3n4C3=NC(c4ccc5cc(-c6ccccc6)ccc5c4)=C4C=CC=CC4N3)ccc21. The number of nitrogens with one attached hydrogen (secondary N) is 1. The quantitative estimate of drug-likeness (QED) is 0.167. The van der Waals surface area contributed by atoms with E-state index in [1.54, 1.807) is 6.08 Å². The first-order valence-electron chi connectivity index (χ1n) is 21.2. The highest BCUT2D eigenvalue weighted by Crippen LogP contribution is 2.43. The lowest BCUT2D eigenvalue weighted by molar-refractivity contribution is 0.805. The van der Waals surface area contributed by atoms with E-state index in [1.807, 2.05) is 12.2 Å². The summed E-state index contributed by atoms with van der Waals surface area (Å²) in [6, 6.07) is 59.6. The van der Waals surface area contributed by atoms with E-state index in [9.17, 15) is 0 Å². The first kappa shape index (κ1) is 35.7. The van der Waals surface area contributed by atoms with E-state index in [-0.39, 0.29) is 6.04 Å². The molecule has 10 aromatic rings. The molecular weight excluding hydrogens is 753 g/mol. The minimum atomic E-state index is -0.0455. The summed E-state index contributed by atoms with van der Waals surface area (Å²) in [5.74, 6) is 0.802. The minimum absolute atomic E-state index is 0.0455. The van der Waals surface area contributed by atoms with Gasteiger partial charge in [-0.3, -0.25) is 4.57 Å². The number of aliphatic imine (C=N–C) groups is 1. The van der Waals surface area contributed by atoms with E-state index in [2.05, 4.69) is 221 Å². The fraction of sp³-hybridized carbons (Fsp3) is 0.0172. The number of hydrogen-bond donors (Lipinski definition) is 1. The Kier molecular flexibility index (Phi) is 8.36. The summed E-state index contributed by atoms with van der Waals surface area (Å²) in [7, 11) is 0. The topological polar surface area (TPSA) is 34.2 Å². The normalized spacial score (nSPS) is 15.2. The lowest BCUT2D eigenvalue weighted by Gasteiger charge is -2.29. The van der Waals surface area contributed by atoms with Crippen LogP contribution in [0.15, 0.2) is 230 Å². The molecule has 2 aromatic heterocycles. The Morgan fingerprint density at radius 1 is 0.516 bits per heavy atom. The number of benzene rings is 8. The van der Waals surface area contributed by atoms with Crippen molar-refractivity contribution in [2.45, 2.75) is 6.04 Å². The molecule has 1 unspecified atom stereocenters. The Morgan fingerprint density at radius 2 is 1.21 bits per heavy atom. The third kappa shape index (κ3) is 5.72. The Balaban J connectivity index is 1.06. The fourth-order valence-electron chi connectivity index (χ4n) is 9.69. The molecule has 1 aliphatic heterocycles. The fourth-order valence-corrected chi connectivity index (χ4v) is 9.69. The molecule has 1 aliphatic carbocycles.